The Morgan fingerprint density at radius 3 is 2.48 bits per heavy atom. The van der Waals surface area contributed by atoms with Gasteiger partial charge in [-0.2, -0.15) is 0 Å². The van der Waals surface area contributed by atoms with Gasteiger partial charge in [0.2, 0.25) is 5.91 Å². The van der Waals surface area contributed by atoms with E-state index >= 15 is 0 Å². The molecule has 1 aromatic carbocycles. The number of morpholine rings is 1. The molecule has 1 atom stereocenters. The summed E-state index contributed by atoms with van der Waals surface area (Å²) in [5.41, 5.74) is 1.37. The molecule has 126 valence electrons. The van der Waals surface area contributed by atoms with Crippen LogP contribution in [0.4, 0.5) is 5.69 Å². The third kappa shape index (κ3) is 4.32. The van der Waals surface area contributed by atoms with Crippen molar-refractivity contribution in [2.24, 2.45) is 5.92 Å². The molecule has 0 radical (unpaired) electrons. The van der Waals surface area contributed by atoms with Crippen molar-refractivity contribution < 1.29 is 14.3 Å². The molecule has 1 aromatic rings. The zero-order valence-electron chi connectivity index (χ0n) is 14.2. The largest absolute Gasteiger partial charge is 0.377 e. The van der Waals surface area contributed by atoms with Crippen LogP contribution >= 0.6 is 0 Å². The molecule has 1 N–H and O–H groups in total. The molecule has 1 heterocycles. The molecule has 1 saturated heterocycles. The number of benzene rings is 1. The molecule has 2 rings (SSSR count). The highest BCUT2D eigenvalue weighted by Crippen LogP contribution is 2.17. The molecule has 1 aliphatic heterocycles. The number of carbonyl (C=O) groups is 2. The Morgan fingerprint density at radius 2 is 1.91 bits per heavy atom. The van der Waals surface area contributed by atoms with Gasteiger partial charge in [0.1, 0.15) is 0 Å². The summed E-state index contributed by atoms with van der Waals surface area (Å²) in [6.45, 7) is 7.79. The van der Waals surface area contributed by atoms with Crippen molar-refractivity contribution in [2.75, 3.05) is 25.1 Å². The topological polar surface area (TPSA) is 58.6 Å². The van der Waals surface area contributed by atoms with E-state index < -0.39 is 0 Å². The predicted molar refractivity (Wildman–Crippen MR) is 90.5 cm³/mol. The van der Waals surface area contributed by atoms with Crippen LogP contribution in [0.5, 0.6) is 0 Å². The van der Waals surface area contributed by atoms with Crippen LogP contribution in [0, 0.1) is 5.92 Å². The molecule has 1 aliphatic rings. The lowest BCUT2D eigenvalue weighted by molar-refractivity contribution is -0.120. The number of hydrogen-bond acceptors (Lipinski definition) is 3. The van der Waals surface area contributed by atoms with Gasteiger partial charge in [-0.3, -0.25) is 9.59 Å². The quantitative estimate of drug-likeness (QED) is 0.908. The zero-order valence-corrected chi connectivity index (χ0v) is 14.2. The van der Waals surface area contributed by atoms with Crippen molar-refractivity contribution in [3.63, 3.8) is 0 Å². The molecular weight excluding hydrogens is 292 g/mol. The van der Waals surface area contributed by atoms with Gasteiger partial charge in [0, 0.05) is 23.7 Å². The second kappa shape index (κ2) is 8.11. The Labute approximate surface area is 138 Å². The molecule has 0 bridgehead atoms. The second-order valence-electron chi connectivity index (χ2n) is 6.00. The van der Waals surface area contributed by atoms with Gasteiger partial charge in [0.25, 0.3) is 5.91 Å². The first-order valence-corrected chi connectivity index (χ1v) is 8.36. The lowest BCUT2D eigenvalue weighted by Crippen LogP contribution is -2.47. The number of nitrogens with zero attached hydrogens (tertiary/aromatic N) is 1. The highest BCUT2D eigenvalue weighted by Gasteiger charge is 2.24. The van der Waals surface area contributed by atoms with Gasteiger partial charge in [-0.05, 0) is 44.0 Å². The minimum atomic E-state index is 0.0127. The van der Waals surface area contributed by atoms with E-state index in [1.54, 1.807) is 24.3 Å². The molecule has 0 aliphatic carbocycles. The fraction of sp³-hybridized carbons (Fsp3) is 0.556. The zero-order chi connectivity index (χ0) is 16.8. The smallest absolute Gasteiger partial charge is 0.254 e. The lowest BCUT2D eigenvalue weighted by atomic mass is 10.0. The molecule has 5 nitrogen and oxygen atoms in total. The molecule has 0 saturated carbocycles. The van der Waals surface area contributed by atoms with Gasteiger partial charge < -0.3 is 15.0 Å². The van der Waals surface area contributed by atoms with E-state index in [4.69, 9.17) is 4.74 Å². The minimum Gasteiger partial charge on any atom is -0.377 e. The maximum absolute atomic E-state index is 12.5. The first-order valence-electron chi connectivity index (χ1n) is 8.36. The Kier molecular flexibility index (Phi) is 6.16. The third-order valence-electron chi connectivity index (χ3n) is 4.38. The van der Waals surface area contributed by atoms with E-state index in [0.717, 1.165) is 18.5 Å². The Bertz CT molecular complexity index is 538. The maximum atomic E-state index is 12.5. The molecular formula is C18H26N2O3. The Balaban J connectivity index is 2.01. The predicted octanol–water partition coefficient (Wildman–Crippen LogP) is 2.92. The van der Waals surface area contributed by atoms with Crippen molar-refractivity contribution in [1.82, 2.24) is 4.90 Å². The Morgan fingerprint density at radius 1 is 1.26 bits per heavy atom. The van der Waals surface area contributed by atoms with Crippen LogP contribution < -0.4 is 5.32 Å². The number of ether oxygens (including phenoxy) is 1. The Hall–Kier alpha value is -1.88. The van der Waals surface area contributed by atoms with E-state index in [0.29, 0.717) is 25.3 Å². The summed E-state index contributed by atoms with van der Waals surface area (Å²) in [5, 5.41) is 2.91. The summed E-state index contributed by atoms with van der Waals surface area (Å²) in [6, 6.07) is 7.21. The van der Waals surface area contributed by atoms with Crippen molar-refractivity contribution in [3.8, 4) is 0 Å². The normalized spacial score (nSPS) is 18.1. The van der Waals surface area contributed by atoms with Crippen LogP contribution in [0.2, 0.25) is 0 Å². The molecule has 23 heavy (non-hydrogen) atoms. The van der Waals surface area contributed by atoms with Crippen molar-refractivity contribution in [2.45, 2.75) is 39.7 Å². The van der Waals surface area contributed by atoms with Crippen LogP contribution in [0.1, 0.15) is 44.0 Å². The van der Waals surface area contributed by atoms with Gasteiger partial charge in [-0.1, -0.05) is 13.8 Å². The van der Waals surface area contributed by atoms with Crippen molar-refractivity contribution in [1.29, 1.82) is 0 Å². The van der Waals surface area contributed by atoms with Gasteiger partial charge in [0.15, 0.2) is 0 Å². The average molecular weight is 318 g/mol. The van der Waals surface area contributed by atoms with E-state index in [1.165, 1.54) is 0 Å². The van der Waals surface area contributed by atoms with E-state index in [-0.39, 0.29) is 23.8 Å². The van der Waals surface area contributed by atoms with E-state index in [9.17, 15) is 9.59 Å². The number of rotatable bonds is 5. The SMILES string of the molecule is CCC(CC)C(=O)Nc1ccc(C(=O)N2CCOCC2C)cc1. The second-order valence-corrected chi connectivity index (χ2v) is 6.00. The van der Waals surface area contributed by atoms with Gasteiger partial charge in [-0.25, -0.2) is 0 Å². The van der Waals surface area contributed by atoms with Crippen LogP contribution in [0.25, 0.3) is 0 Å². The van der Waals surface area contributed by atoms with Gasteiger partial charge in [-0.15, -0.1) is 0 Å². The highest BCUT2D eigenvalue weighted by molar-refractivity contribution is 5.96. The van der Waals surface area contributed by atoms with Crippen LogP contribution in [0.15, 0.2) is 24.3 Å². The molecule has 5 heteroatoms. The van der Waals surface area contributed by atoms with Crippen molar-refractivity contribution >= 4 is 17.5 Å². The monoisotopic (exact) mass is 318 g/mol. The summed E-state index contributed by atoms with van der Waals surface area (Å²) in [7, 11) is 0. The molecule has 1 fully saturated rings. The standard InChI is InChI=1S/C18H26N2O3/c1-4-14(5-2)17(21)19-16-8-6-15(7-9-16)18(22)20-10-11-23-12-13(20)3/h6-9,13-14H,4-5,10-12H2,1-3H3,(H,19,21). The number of anilines is 1. The van der Waals surface area contributed by atoms with Gasteiger partial charge >= 0.3 is 0 Å². The van der Waals surface area contributed by atoms with Crippen LogP contribution in [-0.2, 0) is 9.53 Å². The number of nitrogens with one attached hydrogen (secondary N) is 1. The number of amides is 2. The maximum Gasteiger partial charge on any atom is 0.254 e. The molecule has 0 aromatic heterocycles. The summed E-state index contributed by atoms with van der Waals surface area (Å²) < 4.78 is 5.36. The fourth-order valence-corrected chi connectivity index (χ4v) is 2.79. The number of carbonyl (C=O) groups excluding carboxylic acids is 2. The lowest BCUT2D eigenvalue weighted by Gasteiger charge is -2.33. The number of hydrogen-bond donors (Lipinski definition) is 1. The summed E-state index contributed by atoms with van der Waals surface area (Å²) >= 11 is 0. The molecule has 0 spiro atoms. The average Bonchev–Trinajstić information content (AvgIpc) is 2.56. The summed E-state index contributed by atoms with van der Waals surface area (Å²) in [4.78, 5) is 26.4. The first-order chi connectivity index (χ1) is 11.1. The summed E-state index contributed by atoms with van der Waals surface area (Å²) in [5.74, 6) is 0.0834. The minimum absolute atomic E-state index is 0.0127. The van der Waals surface area contributed by atoms with Gasteiger partial charge in [0.05, 0.1) is 19.3 Å². The van der Waals surface area contributed by atoms with Crippen molar-refractivity contribution in [3.05, 3.63) is 29.8 Å². The molecule has 1 unspecified atom stereocenters. The molecule has 2 amide bonds. The highest BCUT2D eigenvalue weighted by atomic mass is 16.5. The van der Waals surface area contributed by atoms with Crippen LogP contribution in [-0.4, -0.2) is 42.5 Å². The van der Waals surface area contributed by atoms with E-state index in [1.807, 2.05) is 25.7 Å². The fourth-order valence-electron chi connectivity index (χ4n) is 2.79. The first kappa shape index (κ1) is 17.5. The summed E-state index contributed by atoms with van der Waals surface area (Å²) in [6.07, 6.45) is 1.65. The van der Waals surface area contributed by atoms with E-state index in [2.05, 4.69) is 5.32 Å². The third-order valence-corrected chi connectivity index (χ3v) is 4.38. The van der Waals surface area contributed by atoms with Crippen LogP contribution in [0.3, 0.4) is 0 Å².